The molecule has 4 aromatic rings. The predicted molar refractivity (Wildman–Crippen MR) is 133 cm³/mol. The number of rotatable bonds is 5. The molecule has 0 aliphatic rings. The number of aryl methyl sites for hydroxylation is 3. The first kappa shape index (κ1) is 22.3. The molecule has 0 saturated heterocycles. The van der Waals surface area contributed by atoms with E-state index < -0.39 is 10.0 Å². The van der Waals surface area contributed by atoms with Crippen molar-refractivity contribution in [3.8, 4) is 0 Å². The van der Waals surface area contributed by atoms with Gasteiger partial charge in [0.25, 0.3) is 15.9 Å². The van der Waals surface area contributed by atoms with Crippen LogP contribution in [-0.4, -0.2) is 14.3 Å². The van der Waals surface area contributed by atoms with Crippen LogP contribution in [0.4, 0.5) is 11.4 Å². The molecule has 164 valence electrons. The van der Waals surface area contributed by atoms with E-state index in [1.165, 1.54) is 23.5 Å². The van der Waals surface area contributed by atoms with Gasteiger partial charge in [0.2, 0.25) is 0 Å². The molecular formula is C24H21ClN2O3S2. The Kier molecular flexibility index (Phi) is 5.99. The lowest BCUT2D eigenvalue weighted by molar-refractivity contribution is 0.103. The maximum absolute atomic E-state index is 12.9. The van der Waals surface area contributed by atoms with Crippen LogP contribution in [0, 0.1) is 20.8 Å². The van der Waals surface area contributed by atoms with E-state index in [9.17, 15) is 13.2 Å². The minimum absolute atomic E-state index is 0.106. The summed E-state index contributed by atoms with van der Waals surface area (Å²) in [6.07, 6.45) is 0. The van der Waals surface area contributed by atoms with Gasteiger partial charge in [-0.3, -0.25) is 9.52 Å². The molecule has 1 aromatic heterocycles. The van der Waals surface area contributed by atoms with Crippen LogP contribution in [0.3, 0.4) is 0 Å². The average Bonchev–Trinajstić information content (AvgIpc) is 3.08. The summed E-state index contributed by atoms with van der Waals surface area (Å²) in [5.41, 5.74) is 3.84. The lowest BCUT2D eigenvalue weighted by atomic mass is 10.1. The van der Waals surface area contributed by atoms with E-state index in [2.05, 4.69) is 10.0 Å². The number of fused-ring (bicyclic) bond motifs is 1. The van der Waals surface area contributed by atoms with Crippen molar-refractivity contribution < 1.29 is 13.2 Å². The molecule has 0 aliphatic heterocycles. The first-order valence-electron chi connectivity index (χ1n) is 9.85. The Hall–Kier alpha value is -2.87. The second-order valence-corrected chi connectivity index (χ2v) is 10.7. The SMILES string of the molecule is Cc1cc(C)c(NS(=O)(=O)c2ccc(NC(=O)c3sc4ccccc4c3Cl)cc2)c(C)c1. The predicted octanol–water partition coefficient (Wildman–Crippen LogP) is 6.53. The van der Waals surface area contributed by atoms with Crippen molar-refractivity contribution in [2.45, 2.75) is 25.7 Å². The van der Waals surface area contributed by atoms with E-state index in [0.717, 1.165) is 26.8 Å². The molecule has 2 N–H and O–H groups in total. The molecule has 4 rings (SSSR count). The van der Waals surface area contributed by atoms with Gasteiger partial charge in [0.05, 0.1) is 15.6 Å². The molecule has 0 radical (unpaired) electrons. The second-order valence-electron chi connectivity index (χ2n) is 7.60. The van der Waals surface area contributed by atoms with Crippen LogP contribution in [0.5, 0.6) is 0 Å². The van der Waals surface area contributed by atoms with E-state index >= 15 is 0 Å². The minimum atomic E-state index is -3.77. The maximum Gasteiger partial charge on any atom is 0.267 e. The number of halogens is 1. The fourth-order valence-electron chi connectivity index (χ4n) is 3.60. The molecule has 32 heavy (non-hydrogen) atoms. The van der Waals surface area contributed by atoms with Gasteiger partial charge in [0.15, 0.2) is 0 Å². The van der Waals surface area contributed by atoms with Crippen molar-refractivity contribution in [1.82, 2.24) is 0 Å². The van der Waals surface area contributed by atoms with Crippen LogP contribution in [0.25, 0.3) is 10.1 Å². The zero-order valence-electron chi connectivity index (χ0n) is 17.7. The number of sulfonamides is 1. The number of thiophene rings is 1. The Morgan fingerprint density at radius 3 is 2.19 bits per heavy atom. The Morgan fingerprint density at radius 1 is 0.938 bits per heavy atom. The molecule has 0 fully saturated rings. The van der Waals surface area contributed by atoms with Gasteiger partial charge >= 0.3 is 0 Å². The highest BCUT2D eigenvalue weighted by atomic mass is 35.5. The lowest BCUT2D eigenvalue weighted by Gasteiger charge is -2.14. The van der Waals surface area contributed by atoms with Crippen molar-refractivity contribution in [3.05, 3.63) is 87.3 Å². The summed E-state index contributed by atoms with van der Waals surface area (Å²) in [5.74, 6) is -0.337. The Morgan fingerprint density at radius 2 is 1.56 bits per heavy atom. The highest BCUT2D eigenvalue weighted by Crippen LogP contribution is 2.35. The highest BCUT2D eigenvalue weighted by molar-refractivity contribution is 7.92. The van der Waals surface area contributed by atoms with Gasteiger partial charge in [0.1, 0.15) is 4.88 Å². The van der Waals surface area contributed by atoms with E-state index in [0.29, 0.717) is 21.3 Å². The summed E-state index contributed by atoms with van der Waals surface area (Å²) >= 11 is 7.69. The van der Waals surface area contributed by atoms with E-state index in [4.69, 9.17) is 11.6 Å². The number of nitrogens with one attached hydrogen (secondary N) is 2. The quantitative estimate of drug-likeness (QED) is 0.338. The molecule has 3 aromatic carbocycles. The van der Waals surface area contributed by atoms with Crippen LogP contribution in [0.15, 0.2) is 65.6 Å². The molecule has 8 heteroatoms. The van der Waals surface area contributed by atoms with Crippen LogP contribution in [0.2, 0.25) is 5.02 Å². The van der Waals surface area contributed by atoms with Crippen LogP contribution in [-0.2, 0) is 10.0 Å². The standard InChI is InChI=1S/C24H21ClN2O3S2/c1-14-12-15(2)22(16(3)13-14)27-32(29,30)18-10-8-17(9-11-18)26-24(28)23-21(25)19-6-4-5-7-20(19)31-23/h4-13,27H,1-3H3,(H,26,28). The van der Waals surface area contributed by atoms with Crippen molar-refractivity contribution in [1.29, 1.82) is 0 Å². The average molecular weight is 485 g/mol. The minimum Gasteiger partial charge on any atom is -0.321 e. The lowest BCUT2D eigenvalue weighted by Crippen LogP contribution is -2.15. The summed E-state index contributed by atoms with van der Waals surface area (Å²) in [4.78, 5) is 13.2. The maximum atomic E-state index is 12.9. The van der Waals surface area contributed by atoms with E-state index in [1.807, 2.05) is 57.2 Å². The van der Waals surface area contributed by atoms with Gasteiger partial charge in [-0.25, -0.2) is 8.42 Å². The summed E-state index contributed by atoms with van der Waals surface area (Å²) in [6.45, 7) is 5.71. The molecule has 0 spiro atoms. The molecule has 1 amide bonds. The van der Waals surface area contributed by atoms with Crippen molar-refractivity contribution in [2.75, 3.05) is 10.0 Å². The smallest absolute Gasteiger partial charge is 0.267 e. The Balaban J connectivity index is 1.53. The molecular weight excluding hydrogens is 464 g/mol. The summed E-state index contributed by atoms with van der Waals surface area (Å²) in [7, 11) is -3.77. The third kappa shape index (κ3) is 4.37. The zero-order chi connectivity index (χ0) is 23.0. The van der Waals surface area contributed by atoms with Gasteiger partial charge in [-0.05, 0) is 62.2 Å². The van der Waals surface area contributed by atoms with Crippen molar-refractivity contribution >= 4 is 60.3 Å². The Labute approximate surface area is 196 Å². The van der Waals surface area contributed by atoms with Crippen LogP contribution >= 0.6 is 22.9 Å². The monoisotopic (exact) mass is 484 g/mol. The third-order valence-electron chi connectivity index (χ3n) is 5.08. The molecule has 0 saturated carbocycles. The normalized spacial score (nSPS) is 11.5. The number of benzene rings is 3. The van der Waals surface area contributed by atoms with E-state index in [-0.39, 0.29) is 10.8 Å². The number of carbonyl (C=O) groups is 1. The van der Waals surface area contributed by atoms with Gasteiger partial charge in [-0.2, -0.15) is 0 Å². The second kappa shape index (κ2) is 8.58. The number of amides is 1. The number of hydrogen-bond donors (Lipinski definition) is 2. The summed E-state index contributed by atoms with van der Waals surface area (Å²) < 4.78 is 29.4. The van der Waals surface area contributed by atoms with Crippen LogP contribution < -0.4 is 10.0 Å². The largest absolute Gasteiger partial charge is 0.321 e. The number of carbonyl (C=O) groups excluding carboxylic acids is 1. The highest BCUT2D eigenvalue weighted by Gasteiger charge is 2.19. The fraction of sp³-hybridized carbons (Fsp3) is 0.125. The molecule has 0 unspecified atom stereocenters. The fourth-order valence-corrected chi connectivity index (χ4v) is 6.21. The van der Waals surface area contributed by atoms with Gasteiger partial charge in [0, 0.05) is 15.8 Å². The van der Waals surface area contributed by atoms with Gasteiger partial charge < -0.3 is 5.32 Å². The first-order valence-corrected chi connectivity index (χ1v) is 12.5. The molecule has 1 heterocycles. The number of anilines is 2. The summed E-state index contributed by atoms with van der Waals surface area (Å²) in [5, 5.41) is 4.03. The molecule has 5 nitrogen and oxygen atoms in total. The van der Waals surface area contributed by atoms with Gasteiger partial charge in [-0.1, -0.05) is 47.5 Å². The molecule has 0 bridgehead atoms. The number of hydrogen-bond acceptors (Lipinski definition) is 4. The van der Waals surface area contributed by atoms with Crippen molar-refractivity contribution in [2.24, 2.45) is 0 Å². The van der Waals surface area contributed by atoms with Gasteiger partial charge in [-0.15, -0.1) is 11.3 Å². The molecule has 0 aliphatic carbocycles. The summed E-state index contributed by atoms with van der Waals surface area (Å²) in [6, 6.07) is 17.4. The molecule has 0 atom stereocenters. The van der Waals surface area contributed by atoms with Crippen LogP contribution in [0.1, 0.15) is 26.4 Å². The van der Waals surface area contributed by atoms with E-state index in [1.54, 1.807) is 12.1 Å². The third-order valence-corrected chi connectivity index (χ3v) is 8.12. The first-order chi connectivity index (χ1) is 15.2. The zero-order valence-corrected chi connectivity index (χ0v) is 20.1. The Bertz CT molecular complexity index is 1420. The topological polar surface area (TPSA) is 75.3 Å². The van der Waals surface area contributed by atoms with Crippen molar-refractivity contribution in [3.63, 3.8) is 0 Å².